The molecule has 1 rings (SSSR count). The molecule has 126 valence electrons. The molecule has 0 saturated heterocycles. The Morgan fingerprint density at radius 3 is 2.17 bits per heavy atom. The SMILES string of the molecule is CC[C@H](C)[C@@H](NC(N)=O)C(=O)Nc1ccc(C(=O)N(C)C)cc1. The molecule has 0 heterocycles. The maximum Gasteiger partial charge on any atom is 0.312 e. The van der Waals surface area contributed by atoms with E-state index in [4.69, 9.17) is 5.73 Å². The Labute approximate surface area is 136 Å². The summed E-state index contributed by atoms with van der Waals surface area (Å²) in [4.78, 5) is 36.7. The summed E-state index contributed by atoms with van der Waals surface area (Å²) in [6.07, 6.45) is 0.717. The van der Waals surface area contributed by atoms with Crippen LogP contribution in [0.15, 0.2) is 24.3 Å². The van der Waals surface area contributed by atoms with Crippen molar-refractivity contribution in [3.8, 4) is 0 Å². The maximum atomic E-state index is 12.3. The number of urea groups is 1. The van der Waals surface area contributed by atoms with E-state index in [1.165, 1.54) is 4.90 Å². The molecule has 0 fully saturated rings. The molecule has 0 aromatic heterocycles. The average molecular weight is 320 g/mol. The number of hydrogen-bond acceptors (Lipinski definition) is 3. The van der Waals surface area contributed by atoms with Crippen LogP contribution < -0.4 is 16.4 Å². The third-order valence-electron chi connectivity index (χ3n) is 3.60. The van der Waals surface area contributed by atoms with Crippen molar-refractivity contribution in [2.45, 2.75) is 26.3 Å². The third kappa shape index (κ3) is 5.28. The molecule has 0 spiro atoms. The van der Waals surface area contributed by atoms with Gasteiger partial charge in [-0.05, 0) is 30.2 Å². The van der Waals surface area contributed by atoms with Gasteiger partial charge in [-0.1, -0.05) is 20.3 Å². The number of amides is 4. The molecule has 0 aliphatic rings. The van der Waals surface area contributed by atoms with Crippen molar-refractivity contribution in [1.29, 1.82) is 0 Å². The van der Waals surface area contributed by atoms with Crippen LogP contribution >= 0.6 is 0 Å². The van der Waals surface area contributed by atoms with Crippen LogP contribution in [0.5, 0.6) is 0 Å². The van der Waals surface area contributed by atoms with Gasteiger partial charge in [0.05, 0.1) is 0 Å². The second-order valence-corrected chi connectivity index (χ2v) is 5.64. The molecule has 0 unspecified atom stereocenters. The van der Waals surface area contributed by atoms with Crippen molar-refractivity contribution < 1.29 is 14.4 Å². The van der Waals surface area contributed by atoms with E-state index >= 15 is 0 Å². The molecule has 1 aromatic rings. The van der Waals surface area contributed by atoms with E-state index in [2.05, 4.69) is 10.6 Å². The van der Waals surface area contributed by atoms with Gasteiger partial charge >= 0.3 is 6.03 Å². The monoisotopic (exact) mass is 320 g/mol. The van der Waals surface area contributed by atoms with Gasteiger partial charge in [0.1, 0.15) is 6.04 Å². The number of hydrogen-bond donors (Lipinski definition) is 3. The number of carbonyl (C=O) groups is 3. The van der Waals surface area contributed by atoms with Crippen LogP contribution in [0.2, 0.25) is 0 Å². The van der Waals surface area contributed by atoms with Gasteiger partial charge in [0.25, 0.3) is 5.91 Å². The molecule has 4 amide bonds. The molecule has 7 heteroatoms. The number of nitrogens with one attached hydrogen (secondary N) is 2. The summed E-state index contributed by atoms with van der Waals surface area (Å²) < 4.78 is 0. The highest BCUT2D eigenvalue weighted by Crippen LogP contribution is 2.14. The second-order valence-electron chi connectivity index (χ2n) is 5.64. The van der Waals surface area contributed by atoms with Gasteiger partial charge in [0, 0.05) is 25.3 Å². The van der Waals surface area contributed by atoms with E-state index in [0.29, 0.717) is 17.7 Å². The Morgan fingerprint density at radius 1 is 1.17 bits per heavy atom. The van der Waals surface area contributed by atoms with Gasteiger partial charge in [-0.25, -0.2) is 4.79 Å². The Kier molecular flexibility index (Phi) is 6.56. The average Bonchev–Trinajstić information content (AvgIpc) is 2.51. The minimum Gasteiger partial charge on any atom is -0.352 e. The summed E-state index contributed by atoms with van der Waals surface area (Å²) >= 11 is 0. The van der Waals surface area contributed by atoms with Crippen LogP contribution in [-0.4, -0.2) is 42.9 Å². The molecule has 1 aromatic carbocycles. The summed E-state index contributed by atoms with van der Waals surface area (Å²) in [5.41, 5.74) is 6.20. The third-order valence-corrected chi connectivity index (χ3v) is 3.60. The van der Waals surface area contributed by atoms with E-state index in [-0.39, 0.29) is 17.7 Å². The first-order valence-electron chi connectivity index (χ1n) is 7.44. The van der Waals surface area contributed by atoms with Crippen LogP contribution in [0.4, 0.5) is 10.5 Å². The number of carbonyl (C=O) groups excluding carboxylic acids is 3. The van der Waals surface area contributed by atoms with E-state index in [1.54, 1.807) is 38.4 Å². The predicted octanol–water partition coefficient (Wildman–Crippen LogP) is 1.41. The summed E-state index contributed by atoms with van der Waals surface area (Å²) in [7, 11) is 3.34. The first-order valence-corrected chi connectivity index (χ1v) is 7.44. The smallest absolute Gasteiger partial charge is 0.312 e. The fraction of sp³-hybridized carbons (Fsp3) is 0.438. The fourth-order valence-corrected chi connectivity index (χ4v) is 2.03. The van der Waals surface area contributed by atoms with Crippen LogP contribution in [0.3, 0.4) is 0 Å². The zero-order chi connectivity index (χ0) is 17.6. The molecular weight excluding hydrogens is 296 g/mol. The van der Waals surface area contributed by atoms with Gasteiger partial charge in [-0.2, -0.15) is 0 Å². The van der Waals surface area contributed by atoms with Crippen molar-refractivity contribution in [2.24, 2.45) is 11.7 Å². The molecule has 4 N–H and O–H groups in total. The molecule has 0 saturated carbocycles. The van der Waals surface area contributed by atoms with Crippen molar-refractivity contribution in [1.82, 2.24) is 10.2 Å². The molecular formula is C16H24N4O3. The first kappa shape index (κ1) is 18.5. The first-order chi connectivity index (χ1) is 10.8. The Bertz CT molecular complexity index is 569. The lowest BCUT2D eigenvalue weighted by molar-refractivity contribution is -0.119. The summed E-state index contributed by atoms with van der Waals surface area (Å²) in [5, 5.41) is 5.19. The number of benzene rings is 1. The second kappa shape index (κ2) is 8.17. The van der Waals surface area contributed by atoms with Gasteiger partial charge < -0.3 is 21.3 Å². The van der Waals surface area contributed by atoms with E-state index in [0.717, 1.165) is 0 Å². The zero-order valence-corrected chi connectivity index (χ0v) is 13.9. The number of anilines is 1. The topological polar surface area (TPSA) is 105 Å². The number of nitrogens with zero attached hydrogens (tertiary/aromatic N) is 1. The molecule has 0 aliphatic heterocycles. The number of primary amides is 1. The highest BCUT2D eigenvalue weighted by Gasteiger charge is 2.25. The largest absolute Gasteiger partial charge is 0.352 e. The lowest BCUT2D eigenvalue weighted by Gasteiger charge is -2.22. The standard InChI is InChI=1S/C16H24N4O3/c1-5-10(2)13(19-16(17)23)14(21)18-12-8-6-11(7-9-12)15(22)20(3)4/h6-10,13H,5H2,1-4H3,(H,18,21)(H3,17,19,23)/t10-,13+/m0/s1. The van der Waals surface area contributed by atoms with Gasteiger partial charge in [0.2, 0.25) is 5.91 Å². The van der Waals surface area contributed by atoms with Gasteiger partial charge in [0.15, 0.2) is 0 Å². The quantitative estimate of drug-likeness (QED) is 0.738. The molecule has 7 nitrogen and oxygen atoms in total. The van der Waals surface area contributed by atoms with Gasteiger partial charge in [-0.3, -0.25) is 9.59 Å². The summed E-state index contributed by atoms with van der Waals surface area (Å²) in [6, 6.07) is 5.12. The Hall–Kier alpha value is -2.57. The minimum absolute atomic E-state index is 0.0582. The van der Waals surface area contributed by atoms with Crippen LogP contribution in [0.25, 0.3) is 0 Å². The van der Waals surface area contributed by atoms with Crippen molar-refractivity contribution >= 4 is 23.5 Å². The predicted molar refractivity (Wildman–Crippen MR) is 89.1 cm³/mol. The fourth-order valence-electron chi connectivity index (χ4n) is 2.03. The molecule has 0 bridgehead atoms. The number of rotatable bonds is 6. The van der Waals surface area contributed by atoms with E-state index < -0.39 is 12.1 Å². The maximum absolute atomic E-state index is 12.3. The van der Waals surface area contributed by atoms with Crippen molar-refractivity contribution in [2.75, 3.05) is 19.4 Å². The zero-order valence-electron chi connectivity index (χ0n) is 13.9. The normalized spacial score (nSPS) is 12.9. The lowest BCUT2D eigenvalue weighted by Crippen LogP contribution is -2.49. The minimum atomic E-state index is -0.739. The lowest BCUT2D eigenvalue weighted by atomic mass is 9.98. The summed E-state index contributed by atoms with van der Waals surface area (Å²) in [6.45, 7) is 3.79. The molecule has 0 radical (unpaired) electrons. The highest BCUT2D eigenvalue weighted by atomic mass is 16.2. The number of nitrogens with two attached hydrogens (primary N) is 1. The van der Waals surface area contributed by atoms with Crippen LogP contribution in [0, 0.1) is 5.92 Å². The highest BCUT2D eigenvalue weighted by molar-refractivity contribution is 5.98. The van der Waals surface area contributed by atoms with Crippen LogP contribution in [0.1, 0.15) is 30.6 Å². The Morgan fingerprint density at radius 2 is 1.74 bits per heavy atom. The van der Waals surface area contributed by atoms with E-state index in [1.807, 2.05) is 13.8 Å². The van der Waals surface area contributed by atoms with Crippen LogP contribution in [-0.2, 0) is 4.79 Å². The Balaban J connectivity index is 2.82. The van der Waals surface area contributed by atoms with Crippen molar-refractivity contribution in [3.63, 3.8) is 0 Å². The van der Waals surface area contributed by atoms with Gasteiger partial charge in [-0.15, -0.1) is 0 Å². The summed E-state index contributed by atoms with van der Waals surface area (Å²) in [5.74, 6) is -0.516. The van der Waals surface area contributed by atoms with Crippen molar-refractivity contribution in [3.05, 3.63) is 29.8 Å². The molecule has 0 aliphatic carbocycles. The molecule has 23 heavy (non-hydrogen) atoms. The van der Waals surface area contributed by atoms with E-state index in [9.17, 15) is 14.4 Å². The molecule has 2 atom stereocenters.